The van der Waals surface area contributed by atoms with Crippen LogP contribution in [0.15, 0.2) is 59.9 Å². The number of aromatic nitrogens is 3. The zero-order valence-electron chi connectivity index (χ0n) is 15.8. The maximum absolute atomic E-state index is 13.6. The van der Waals surface area contributed by atoms with E-state index in [2.05, 4.69) is 20.3 Å². The van der Waals surface area contributed by atoms with Crippen LogP contribution in [0, 0.1) is 12.7 Å². The van der Waals surface area contributed by atoms with Gasteiger partial charge in [-0.1, -0.05) is 6.07 Å². The zero-order valence-corrected chi connectivity index (χ0v) is 16.6. The number of benzene rings is 1. The first-order valence-electron chi connectivity index (χ1n) is 9.23. The van der Waals surface area contributed by atoms with E-state index in [0.717, 1.165) is 6.42 Å². The number of hydrogen-bond acceptors (Lipinski definition) is 6. The predicted octanol–water partition coefficient (Wildman–Crippen LogP) is 3.59. The molecule has 1 atom stereocenters. The van der Waals surface area contributed by atoms with Crippen molar-refractivity contribution >= 4 is 21.7 Å². The maximum atomic E-state index is 13.6. The van der Waals surface area contributed by atoms with Crippen LogP contribution in [-0.4, -0.2) is 34.2 Å². The molecule has 0 unspecified atom stereocenters. The molecule has 1 N–H and O–H groups in total. The van der Waals surface area contributed by atoms with Gasteiger partial charge in [0.25, 0.3) is 0 Å². The van der Waals surface area contributed by atoms with Crippen LogP contribution in [0.1, 0.15) is 30.1 Å². The molecule has 29 heavy (non-hydrogen) atoms. The topological polar surface area (TPSA) is 88.1 Å². The molecule has 7 nitrogen and oxygen atoms in total. The van der Waals surface area contributed by atoms with E-state index >= 15 is 0 Å². The first kappa shape index (κ1) is 19.4. The third-order valence-electron chi connectivity index (χ3n) is 4.87. The third kappa shape index (κ3) is 3.96. The average molecular weight is 413 g/mol. The summed E-state index contributed by atoms with van der Waals surface area (Å²) >= 11 is 0. The molecule has 1 fully saturated rings. The summed E-state index contributed by atoms with van der Waals surface area (Å²) in [6, 6.07) is 8.93. The molecule has 3 heterocycles. The van der Waals surface area contributed by atoms with Crippen molar-refractivity contribution in [1.82, 2.24) is 19.3 Å². The van der Waals surface area contributed by atoms with Crippen molar-refractivity contribution in [1.29, 1.82) is 0 Å². The summed E-state index contributed by atoms with van der Waals surface area (Å²) in [5, 5.41) is 3.07. The van der Waals surface area contributed by atoms with Crippen LogP contribution >= 0.6 is 0 Å². The molecule has 3 aromatic rings. The molecule has 150 valence electrons. The first-order valence-corrected chi connectivity index (χ1v) is 10.7. The van der Waals surface area contributed by atoms with Gasteiger partial charge in [0.2, 0.25) is 10.0 Å². The zero-order chi connectivity index (χ0) is 20.4. The van der Waals surface area contributed by atoms with Crippen molar-refractivity contribution in [3.8, 4) is 0 Å². The van der Waals surface area contributed by atoms with Gasteiger partial charge in [-0.15, -0.1) is 0 Å². The summed E-state index contributed by atoms with van der Waals surface area (Å²) in [5.74, 6) is 0.686. The second-order valence-electron chi connectivity index (χ2n) is 6.85. The minimum absolute atomic E-state index is 0.0946. The fourth-order valence-corrected chi connectivity index (χ4v) is 5.19. The van der Waals surface area contributed by atoms with Crippen LogP contribution in [-0.2, 0) is 10.0 Å². The van der Waals surface area contributed by atoms with Gasteiger partial charge in [0, 0.05) is 18.9 Å². The molecule has 1 aromatic carbocycles. The number of pyridine rings is 1. The lowest BCUT2D eigenvalue weighted by Gasteiger charge is -2.24. The second-order valence-corrected chi connectivity index (χ2v) is 8.74. The van der Waals surface area contributed by atoms with E-state index in [1.54, 1.807) is 31.6 Å². The van der Waals surface area contributed by atoms with Crippen molar-refractivity contribution < 1.29 is 12.8 Å². The van der Waals surface area contributed by atoms with E-state index in [1.807, 2.05) is 12.1 Å². The highest BCUT2D eigenvalue weighted by Gasteiger charge is 2.37. The molecule has 0 bridgehead atoms. The van der Waals surface area contributed by atoms with Crippen molar-refractivity contribution in [2.24, 2.45) is 0 Å². The Morgan fingerprint density at radius 2 is 2.03 bits per heavy atom. The van der Waals surface area contributed by atoms with Gasteiger partial charge >= 0.3 is 0 Å². The minimum Gasteiger partial charge on any atom is -0.324 e. The molecule has 1 saturated heterocycles. The Labute approximate surface area is 168 Å². The Morgan fingerprint density at radius 3 is 2.79 bits per heavy atom. The standard InChI is InChI=1S/C20H20FN5O2S/c1-14-12-15(7-8-16(14)21)29(27,28)26-11-3-5-18(26)17-4-2-6-19(24-17)25-20-13-22-9-10-23-20/h2,4,6-10,12-13,18H,3,5,11H2,1H3,(H,23,24,25)/t18-/m1/s1. The van der Waals surface area contributed by atoms with Crippen LogP contribution in [0.2, 0.25) is 0 Å². The summed E-state index contributed by atoms with van der Waals surface area (Å²) in [4.78, 5) is 12.9. The number of nitrogens with zero attached hydrogens (tertiary/aromatic N) is 4. The van der Waals surface area contributed by atoms with E-state index in [4.69, 9.17) is 0 Å². The summed E-state index contributed by atoms with van der Waals surface area (Å²) in [5.41, 5.74) is 0.953. The molecule has 0 radical (unpaired) electrons. The van der Waals surface area contributed by atoms with E-state index in [1.165, 1.54) is 22.5 Å². The van der Waals surface area contributed by atoms with Crippen LogP contribution in [0.5, 0.6) is 0 Å². The molecule has 1 aliphatic heterocycles. The number of anilines is 2. The lowest BCUT2D eigenvalue weighted by Crippen LogP contribution is -2.31. The number of hydrogen-bond donors (Lipinski definition) is 1. The summed E-state index contributed by atoms with van der Waals surface area (Å²) in [6.07, 6.45) is 6.13. The quantitative estimate of drug-likeness (QED) is 0.688. The van der Waals surface area contributed by atoms with Gasteiger partial charge in [0.1, 0.15) is 17.5 Å². The number of sulfonamides is 1. The normalized spacial score (nSPS) is 17.4. The van der Waals surface area contributed by atoms with Crippen LogP contribution in [0.25, 0.3) is 0 Å². The highest BCUT2D eigenvalue weighted by molar-refractivity contribution is 7.89. The molecule has 9 heteroatoms. The second kappa shape index (κ2) is 7.84. The van der Waals surface area contributed by atoms with Gasteiger partial charge in [-0.3, -0.25) is 4.98 Å². The molecule has 0 spiro atoms. The van der Waals surface area contributed by atoms with Gasteiger partial charge < -0.3 is 5.32 Å². The molecular weight excluding hydrogens is 393 g/mol. The van der Waals surface area contributed by atoms with Crippen molar-refractivity contribution in [2.45, 2.75) is 30.7 Å². The van der Waals surface area contributed by atoms with Crippen LogP contribution in [0.3, 0.4) is 0 Å². The lowest BCUT2D eigenvalue weighted by molar-refractivity contribution is 0.390. The van der Waals surface area contributed by atoms with Gasteiger partial charge in [0.15, 0.2) is 0 Å². The molecule has 0 saturated carbocycles. The number of aryl methyl sites for hydroxylation is 1. The van der Waals surface area contributed by atoms with Crippen molar-refractivity contribution in [2.75, 3.05) is 11.9 Å². The Bertz CT molecular complexity index is 1120. The SMILES string of the molecule is Cc1cc(S(=O)(=O)N2CCC[C@@H]2c2cccc(Nc3cnccn3)n2)ccc1F. The predicted molar refractivity (Wildman–Crippen MR) is 107 cm³/mol. The largest absolute Gasteiger partial charge is 0.324 e. The monoisotopic (exact) mass is 413 g/mol. The van der Waals surface area contributed by atoms with Gasteiger partial charge in [-0.25, -0.2) is 22.8 Å². The van der Waals surface area contributed by atoms with Gasteiger partial charge in [-0.05, 0) is 55.7 Å². The molecule has 4 rings (SSSR count). The first-order chi connectivity index (χ1) is 13.9. The Kier molecular flexibility index (Phi) is 5.25. The molecule has 0 amide bonds. The summed E-state index contributed by atoms with van der Waals surface area (Å²) in [7, 11) is -3.76. The van der Waals surface area contributed by atoms with Crippen LogP contribution < -0.4 is 5.32 Å². The molecule has 1 aliphatic rings. The van der Waals surface area contributed by atoms with Gasteiger partial charge in [-0.2, -0.15) is 4.31 Å². The third-order valence-corrected chi connectivity index (χ3v) is 6.78. The Balaban J connectivity index is 1.63. The Hall–Kier alpha value is -2.91. The minimum atomic E-state index is -3.76. The van der Waals surface area contributed by atoms with E-state index < -0.39 is 15.8 Å². The number of nitrogens with one attached hydrogen (secondary N) is 1. The smallest absolute Gasteiger partial charge is 0.243 e. The van der Waals surface area contributed by atoms with Gasteiger partial charge in [0.05, 0.1) is 22.8 Å². The molecule has 2 aromatic heterocycles. The van der Waals surface area contributed by atoms with Crippen molar-refractivity contribution in [3.05, 3.63) is 72.1 Å². The van der Waals surface area contributed by atoms with E-state index in [9.17, 15) is 12.8 Å². The molecular formula is C20H20FN5O2S. The summed E-state index contributed by atoms with van der Waals surface area (Å²) < 4.78 is 41.4. The highest BCUT2D eigenvalue weighted by atomic mass is 32.2. The molecule has 0 aliphatic carbocycles. The van der Waals surface area contributed by atoms with Crippen LogP contribution in [0.4, 0.5) is 16.0 Å². The average Bonchev–Trinajstić information content (AvgIpc) is 3.22. The maximum Gasteiger partial charge on any atom is 0.243 e. The van der Waals surface area contributed by atoms with E-state index in [0.29, 0.717) is 35.9 Å². The van der Waals surface area contributed by atoms with Crippen molar-refractivity contribution in [3.63, 3.8) is 0 Å². The fraction of sp³-hybridized carbons (Fsp3) is 0.250. The number of halogens is 1. The lowest BCUT2D eigenvalue weighted by atomic mass is 10.1. The number of rotatable bonds is 5. The highest BCUT2D eigenvalue weighted by Crippen LogP contribution is 2.36. The summed E-state index contributed by atoms with van der Waals surface area (Å²) in [6.45, 7) is 1.95. The fourth-order valence-electron chi connectivity index (χ4n) is 3.44. The van der Waals surface area contributed by atoms with E-state index in [-0.39, 0.29) is 10.9 Å². The Morgan fingerprint density at radius 1 is 1.17 bits per heavy atom.